The number of rotatable bonds is 5. The van der Waals surface area contributed by atoms with Crippen molar-refractivity contribution in [3.05, 3.63) is 45.0 Å². The van der Waals surface area contributed by atoms with Gasteiger partial charge in [-0.25, -0.2) is 0 Å². The van der Waals surface area contributed by atoms with E-state index in [9.17, 15) is 0 Å². The van der Waals surface area contributed by atoms with Gasteiger partial charge in [-0.3, -0.25) is 0 Å². The summed E-state index contributed by atoms with van der Waals surface area (Å²) in [6.07, 6.45) is 1.95. The summed E-state index contributed by atoms with van der Waals surface area (Å²) in [4.78, 5) is 1.62. The van der Waals surface area contributed by atoms with E-state index in [4.69, 9.17) is 7.98 Å². The highest BCUT2D eigenvalue weighted by Gasteiger charge is 2.23. The number of allylic oxidation sites excluding steroid dienone is 1. The monoisotopic (exact) mass is 281 g/mol. The van der Waals surface area contributed by atoms with Gasteiger partial charge in [0.05, 0.1) is 0 Å². The van der Waals surface area contributed by atoms with E-state index < -0.39 is 0 Å². The molecule has 0 aliphatic carbocycles. The standard InChI is InChI=1S/C19H28BN/c1-12-13(2)15(4)18(16(5)14(12)3)10-11-19(7,8)17(6)21(9)20/h2,5-6,10-11H2,1,3-4,7-9H3. The van der Waals surface area contributed by atoms with Gasteiger partial charge < -0.3 is 4.81 Å². The van der Waals surface area contributed by atoms with Crippen molar-refractivity contribution in [2.45, 2.75) is 47.5 Å². The highest BCUT2D eigenvalue weighted by molar-refractivity contribution is 6.05. The van der Waals surface area contributed by atoms with Crippen molar-refractivity contribution in [2.24, 2.45) is 5.41 Å². The first-order chi connectivity index (χ1) is 9.50. The Bertz CT molecular complexity index is 653. The van der Waals surface area contributed by atoms with Crippen molar-refractivity contribution in [3.8, 4) is 0 Å². The highest BCUT2D eigenvalue weighted by atomic mass is 15.0. The molecule has 21 heavy (non-hydrogen) atoms. The third-order valence-electron chi connectivity index (χ3n) is 4.94. The molecule has 0 aliphatic heterocycles. The van der Waals surface area contributed by atoms with E-state index in [1.54, 1.807) is 4.81 Å². The Morgan fingerprint density at radius 2 is 1.52 bits per heavy atom. The Kier molecular flexibility index (Phi) is 5.14. The van der Waals surface area contributed by atoms with E-state index in [0.29, 0.717) is 0 Å². The molecule has 0 saturated carbocycles. The summed E-state index contributed by atoms with van der Waals surface area (Å²) in [5, 5.41) is 2.29. The lowest BCUT2D eigenvalue weighted by atomic mass is 9.80. The van der Waals surface area contributed by atoms with E-state index in [1.165, 1.54) is 22.3 Å². The summed E-state index contributed by atoms with van der Waals surface area (Å²) < 4.78 is 0. The van der Waals surface area contributed by atoms with Crippen LogP contribution in [0.5, 0.6) is 0 Å². The Hall–Kier alpha value is -1.44. The van der Waals surface area contributed by atoms with E-state index in [1.807, 2.05) is 7.05 Å². The molecule has 0 unspecified atom stereocenters. The number of hydrogen-bond acceptors (Lipinski definition) is 1. The lowest BCUT2D eigenvalue weighted by Crippen LogP contribution is -2.29. The first kappa shape index (κ1) is 17.6. The van der Waals surface area contributed by atoms with Crippen LogP contribution in [0.1, 0.15) is 42.5 Å². The van der Waals surface area contributed by atoms with Crippen molar-refractivity contribution in [3.63, 3.8) is 0 Å². The van der Waals surface area contributed by atoms with Gasteiger partial charge in [-0.15, -0.1) is 0 Å². The van der Waals surface area contributed by atoms with Crippen molar-refractivity contribution in [1.29, 1.82) is 0 Å². The van der Waals surface area contributed by atoms with Crippen molar-refractivity contribution < 1.29 is 0 Å². The van der Waals surface area contributed by atoms with Crippen LogP contribution in [0, 0.1) is 26.2 Å². The zero-order valence-corrected chi connectivity index (χ0v) is 14.6. The average Bonchev–Trinajstić information content (AvgIpc) is 2.41. The van der Waals surface area contributed by atoms with Gasteiger partial charge in [0.15, 0.2) is 0 Å². The summed E-state index contributed by atoms with van der Waals surface area (Å²) in [5.41, 5.74) is 6.01. The first-order valence-corrected chi connectivity index (χ1v) is 7.45. The summed E-state index contributed by atoms with van der Waals surface area (Å²) in [5.74, 6) is 0. The Labute approximate surface area is 131 Å². The molecule has 0 atom stereocenters. The molecule has 1 nitrogen and oxygen atoms in total. The topological polar surface area (TPSA) is 3.24 Å². The van der Waals surface area contributed by atoms with Crippen LogP contribution in [0.15, 0.2) is 12.3 Å². The Morgan fingerprint density at radius 1 is 1.05 bits per heavy atom. The molecular weight excluding hydrogens is 253 g/mol. The molecule has 1 aromatic carbocycles. The molecule has 0 aromatic heterocycles. The predicted molar refractivity (Wildman–Crippen MR) is 95.7 cm³/mol. The summed E-state index contributed by atoms with van der Waals surface area (Å²) in [6.45, 7) is 23.4. The van der Waals surface area contributed by atoms with Gasteiger partial charge in [0.2, 0.25) is 7.98 Å². The second-order valence-electron chi connectivity index (χ2n) is 6.75. The van der Waals surface area contributed by atoms with Gasteiger partial charge in [0.25, 0.3) is 0 Å². The lowest BCUT2D eigenvalue weighted by molar-refractivity contribution is 0.348. The SMILES string of the molecule is [B]N(C)C(=C)C(C)(C)CCc1c(C)c(=C)c(C)c(C)c1=C. The maximum absolute atomic E-state index is 5.83. The molecule has 0 saturated heterocycles. The molecule has 112 valence electrons. The molecule has 0 spiro atoms. The van der Waals surface area contributed by atoms with Gasteiger partial charge in [0.1, 0.15) is 0 Å². The van der Waals surface area contributed by atoms with E-state index >= 15 is 0 Å². The van der Waals surface area contributed by atoms with Crippen LogP contribution in [0.4, 0.5) is 0 Å². The van der Waals surface area contributed by atoms with Crippen LogP contribution in [0.2, 0.25) is 0 Å². The van der Waals surface area contributed by atoms with E-state index in [2.05, 4.69) is 54.4 Å². The molecule has 1 rings (SSSR count). The van der Waals surface area contributed by atoms with Crippen LogP contribution in [0.3, 0.4) is 0 Å². The highest BCUT2D eigenvalue weighted by Crippen LogP contribution is 2.31. The van der Waals surface area contributed by atoms with Crippen LogP contribution < -0.4 is 10.4 Å². The molecule has 0 N–H and O–H groups in total. The molecular formula is C19H28BN. The Balaban J connectivity index is 3.15. The van der Waals surface area contributed by atoms with Crippen LogP contribution >= 0.6 is 0 Å². The molecule has 0 bridgehead atoms. The second-order valence-corrected chi connectivity index (χ2v) is 6.75. The first-order valence-electron chi connectivity index (χ1n) is 7.45. The molecule has 0 fully saturated rings. The number of nitrogens with zero attached hydrogens (tertiary/aromatic N) is 1. The second kappa shape index (κ2) is 6.13. The van der Waals surface area contributed by atoms with Crippen LogP contribution in [-0.4, -0.2) is 19.8 Å². The summed E-state index contributed by atoms with van der Waals surface area (Å²) in [6, 6.07) is 0. The van der Waals surface area contributed by atoms with Crippen molar-refractivity contribution in [1.82, 2.24) is 4.81 Å². The minimum absolute atomic E-state index is 0.0392. The summed E-state index contributed by atoms with van der Waals surface area (Å²) in [7, 11) is 7.67. The fourth-order valence-corrected chi connectivity index (χ4v) is 2.77. The Morgan fingerprint density at radius 3 is 2.00 bits per heavy atom. The fraction of sp³-hybridized carbons (Fsp3) is 0.474. The minimum atomic E-state index is -0.0392. The summed E-state index contributed by atoms with van der Waals surface area (Å²) >= 11 is 0. The quantitative estimate of drug-likeness (QED) is 0.750. The molecule has 2 heteroatoms. The molecule has 0 amide bonds. The maximum Gasteiger partial charge on any atom is 0.225 e. The lowest BCUT2D eigenvalue weighted by Gasteiger charge is -2.33. The van der Waals surface area contributed by atoms with Gasteiger partial charge in [-0.1, -0.05) is 33.6 Å². The van der Waals surface area contributed by atoms with Crippen molar-refractivity contribution >= 4 is 21.1 Å². The fourth-order valence-electron chi connectivity index (χ4n) is 2.77. The third-order valence-corrected chi connectivity index (χ3v) is 4.94. The van der Waals surface area contributed by atoms with Gasteiger partial charge >= 0.3 is 0 Å². The van der Waals surface area contributed by atoms with Crippen LogP contribution in [0.25, 0.3) is 13.2 Å². The zero-order chi connectivity index (χ0) is 16.5. The number of benzene rings is 1. The number of hydrogen-bond donors (Lipinski definition) is 0. The predicted octanol–water partition coefficient (Wildman–Crippen LogP) is 2.92. The molecule has 0 heterocycles. The normalized spacial score (nSPS) is 11.5. The van der Waals surface area contributed by atoms with Gasteiger partial charge in [-0.05, 0) is 79.0 Å². The van der Waals surface area contributed by atoms with E-state index in [-0.39, 0.29) is 5.41 Å². The third kappa shape index (κ3) is 3.43. The molecule has 0 aliphatic rings. The largest absolute Gasteiger partial charge is 0.431 e. The minimum Gasteiger partial charge on any atom is -0.431 e. The van der Waals surface area contributed by atoms with Gasteiger partial charge in [-0.2, -0.15) is 0 Å². The van der Waals surface area contributed by atoms with Gasteiger partial charge in [0, 0.05) is 5.41 Å². The molecule has 1 aromatic rings. The van der Waals surface area contributed by atoms with Crippen molar-refractivity contribution in [2.75, 3.05) is 7.05 Å². The molecule has 2 radical (unpaired) electrons. The average molecular weight is 281 g/mol. The smallest absolute Gasteiger partial charge is 0.225 e. The van der Waals surface area contributed by atoms with E-state index in [0.717, 1.165) is 29.0 Å². The zero-order valence-electron chi connectivity index (χ0n) is 14.6. The maximum atomic E-state index is 5.83. The van der Waals surface area contributed by atoms with Crippen LogP contribution in [-0.2, 0) is 6.42 Å².